The number of aliphatic hydroxyl groups excluding tert-OH is 4. The van der Waals surface area contributed by atoms with Gasteiger partial charge < -0.3 is 45.6 Å². The maximum absolute atomic E-state index is 12.2. The van der Waals surface area contributed by atoms with Gasteiger partial charge in [0.2, 0.25) is 6.29 Å². The van der Waals surface area contributed by atoms with Gasteiger partial charge in [0.05, 0.1) is 6.61 Å². The number of aryl methyl sites for hydroxylation is 1. The molecule has 0 spiro atoms. The first-order chi connectivity index (χ1) is 18.2. The van der Waals surface area contributed by atoms with Crippen molar-refractivity contribution in [3.63, 3.8) is 0 Å². The Bertz CT molecular complexity index is 1220. The fourth-order valence-electron chi connectivity index (χ4n) is 4.25. The van der Waals surface area contributed by atoms with Crippen molar-refractivity contribution in [3.8, 4) is 11.5 Å². The molecule has 38 heavy (non-hydrogen) atoms. The van der Waals surface area contributed by atoms with Crippen LogP contribution >= 0.6 is 0 Å². The molecule has 0 radical (unpaired) electrons. The molecule has 4 rings (SSSR count). The molecule has 202 valence electrons. The van der Waals surface area contributed by atoms with Gasteiger partial charge in [-0.15, -0.1) is 0 Å². The summed E-state index contributed by atoms with van der Waals surface area (Å²) in [7, 11) is 0. The number of benzene rings is 3. The summed E-state index contributed by atoms with van der Waals surface area (Å²) >= 11 is 0. The number of urea groups is 1. The maximum Gasteiger partial charge on any atom is 0.319 e. The quantitative estimate of drug-likeness (QED) is 0.235. The molecule has 3 aromatic carbocycles. The summed E-state index contributed by atoms with van der Waals surface area (Å²) in [6, 6.07) is 19.4. The average molecular weight is 525 g/mol. The van der Waals surface area contributed by atoms with Crippen molar-refractivity contribution in [1.82, 2.24) is 5.32 Å². The number of aliphatic hydroxyl groups is 4. The van der Waals surface area contributed by atoms with Gasteiger partial charge in [-0.2, -0.15) is 0 Å². The average Bonchev–Trinajstić information content (AvgIpc) is 2.91. The molecular weight excluding hydrogens is 492 g/mol. The molecule has 1 heterocycles. The van der Waals surface area contributed by atoms with Crippen LogP contribution in [0.1, 0.15) is 22.3 Å². The highest BCUT2D eigenvalue weighted by Gasteiger charge is 2.45. The molecule has 0 unspecified atom stereocenters. The summed E-state index contributed by atoms with van der Waals surface area (Å²) in [4.78, 5) is 12.2. The molecule has 2 amide bonds. The number of nitrogens with one attached hydrogen (secondary N) is 2. The summed E-state index contributed by atoms with van der Waals surface area (Å²) in [6.45, 7) is 1.62. The molecule has 3 aromatic rings. The van der Waals surface area contributed by atoms with E-state index in [4.69, 9.17) is 9.47 Å². The van der Waals surface area contributed by atoms with Crippen LogP contribution in [0.2, 0.25) is 0 Å². The summed E-state index contributed by atoms with van der Waals surface area (Å²) < 4.78 is 11.3. The van der Waals surface area contributed by atoms with E-state index >= 15 is 0 Å². The number of anilines is 1. The smallest absolute Gasteiger partial charge is 0.319 e. The van der Waals surface area contributed by atoms with Gasteiger partial charge in [-0.05, 0) is 41.8 Å². The maximum atomic E-state index is 12.2. The van der Waals surface area contributed by atoms with Crippen molar-refractivity contribution < 1.29 is 39.8 Å². The minimum atomic E-state index is -1.59. The second-order valence-corrected chi connectivity index (χ2v) is 9.22. The van der Waals surface area contributed by atoms with Crippen molar-refractivity contribution in [2.24, 2.45) is 0 Å². The standard InChI is InChI=1S/C28H32N2O8/c1-16-11-20(32)13-22(37-27-26(35)25(34)24(33)23(15-31)38-27)21(16)12-17-7-9-19(10-8-17)30-28(36)29-14-18-5-3-2-4-6-18/h2-11,13,23-27,31-35H,12,14-15H2,1H3,(H2,29,30,36)/t23-,24-,25+,26-,27-/m1/s1. The molecule has 0 bridgehead atoms. The van der Waals surface area contributed by atoms with Crippen LogP contribution in [0.3, 0.4) is 0 Å². The molecular formula is C28H32N2O8. The Morgan fingerprint density at radius 2 is 1.66 bits per heavy atom. The van der Waals surface area contributed by atoms with Crippen molar-refractivity contribution in [2.45, 2.75) is 50.6 Å². The molecule has 5 atom stereocenters. The van der Waals surface area contributed by atoms with Gasteiger partial charge in [0, 0.05) is 30.3 Å². The first-order valence-electron chi connectivity index (χ1n) is 12.2. The lowest BCUT2D eigenvalue weighted by atomic mass is 9.98. The summed E-state index contributed by atoms with van der Waals surface area (Å²) in [5.74, 6) is 0.154. The molecule has 10 heteroatoms. The van der Waals surface area contributed by atoms with Crippen LogP contribution in [-0.4, -0.2) is 68.9 Å². The highest BCUT2D eigenvalue weighted by Crippen LogP contribution is 2.33. The van der Waals surface area contributed by atoms with Gasteiger partial charge in [0.15, 0.2) is 0 Å². The van der Waals surface area contributed by atoms with E-state index in [9.17, 15) is 30.3 Å². The molecule has 0 aromatic heterocycles. The number of phenolic OH excluding ortho intramolecular Hbond substituents is 1. The predicted molar refractivity (Wildman–Crippen MR) is 139 cm³/mol. The molecule has 1 aliphatic heterocycles. The van der Waals surface area contributed by atoms with E-state index in [-0.39, 0.29) is 17.5 Å². The zero-order valence-corrected chi connectivity index (χ0v) is 20.8. The highest BCUT2D eigenvalue weighted by molar-refractivity contribution is 5.89. The second kappa shape index (κ2) is 12.2. The Morgan fingerprint density at radius 1 is 0.947 bits per heavy atom. The van der Waals surface area contributed by atoms with Crippen LogP contribution in [0, 0.1) is 6.92 Å². The molecule has 0 saturated carbocycles. The minimum absolute atomic E-state index is 0.0631. The van der Waals surface area contributed by atoms with Gasteiger partial charge in [-0.3, -0.25) is 0 Å². The van der Waals surface area contributed by atoms with Gasteiger partial charge >= 0.3 is 6.03 Å². The Kier molecular flexibility index (Phi) is 8.82. The molecule has 0 aliphatic carbocycles. The lowest BCUT2D eigenvalue weighted by Crippen LogP contribution is -2.60. The highest BCUT2D eigenvalue weighted by atomic mass is 16.7. The van der Waals surface area contributed by atoms with Crippen molar-refractivity contribution in [2.75, 3.05) is 11.9 Å². The van der Waals surface area contributed by atoms with E-state index in [0.717, 1.165) is 11.1 Å². The Labute approximate surface area is 220 Å². The molecule has 1 aliphatic rings. The van der Waals surface area contributed by atoms with Crippen molar-refractivity contribution in [1.29, 1.82) is 0 Å². The van der Waals surface area contributed by atoms with E-state index in [1.807, 2.05) is 42.5 Å². The largest absolute Gasteiger partial charge is 0.508 e. The fraction of sp³-hybridized carbons (Fsp3) is 0.321. The van der Waals surface area contributed by atoms with E-state index in [1.54, 1.807) is 25.1 Å². The lowest BCUT2D eigenvalue weighted by Gasteiger charge is -2.39. The SMILES string of the molecule is Cc1cc(O)cc(O[C@@H]2O[C@H](CO)[C@@H](O)[C@H](O)[C@H]2O)c1Cc1ccc(NC(=O)NCc2ccccc2)cc1. The number of hydrogen-bond donors (Lipinski definition) is 7. The van der Waals surface area contributed by atoms with E-state index in [2.05, 4.69) is 10.6 Å². The monoisotopic (exact) mass is 524 g/mol. The van der Waals surface area contributed by atoms with Gasteiger partial charge in [-0.25, -0.2) is 4.79 Å². The number of carbonyl (C=O) groups excluding carboxylic acids is 1. The molecule has 7 N–H and O–H groups in total. The molecule has 1 saturated heterocycles. The number of aromatic hydroxyl groups is 1. The Hall–Kier alpha value is -3.67. The Morgan fingerprint density at radius 3 is 2.34 bits per heavy atom. The number of phenols is 1. The number of amides is 2. The van der Waals surface area contributed by atoms with Gasteiger partial charge in [0.1, 0.15) is 35.9 Å². The van der Waals surface area contributed by atoms with E-state index in [0.29, 0.717) is 29.8 Å². The number of hydrogen-bond acceptors (Lipinski definition) is 8. The third kappa shape index (κ3) is 6.60. The third-order valence-corrected chi connectivity index (χ3v) is 6.40. The summed E-state index contributed by atoms with van der Waals surface area (Å²) in [6.07, 6.45) is -6.79. The molecule has 1 fully saturated rings. The first-order valence-corrected chi connectivity index (χ1v) is 12.2. The van der Waals surface area contributed by atoms with Crippen LogP contribution in [-0.2, 0) is 17.7 Å². The predicted octanol–water partition coefficient (Wildman–Crippen LogP) is 1.79. The summed E-state index contributed by atoms with van der Waals surface area (Å²) in [5.41, 5.74) is 3.89. The molecule has 10 nitrogen and oxygen atoms in total. The minimum Gasteiger partial charge on any atom is -0.508 e. The van der Waals surface area contributed by atoms with Crippen LogP contribution in [0.4, 0.5) is 10.5 Å². The zero-order chi connectivity index (χ0) is 27.2. The zero-order valence-electron chi connectivity index (χ0n) is 20.8. The fourth-order valence-corrected chi connectivity index (χ4v) is 4.25. The van der Waals surface area contributed by atoms with Crippen LogP contribution in [0.25, 0.3) is 0 Å². The number of rotatable bonds is 8. The third-order valence-electron chi connectivity index (χ3n) is 6.40. The topological polar surface area (TPSA) is 161 Å². The van der Waals surface area contributed by atoms with Crippen molar-refractivity contribution >= 4 is 11.7 Å². The second-order valence-electron chi connectivity index (χ2n) is 9.22. The number of carbonyl (C=O) groups is 1. The van der Waals surface area contributed by atoms with Crippen LogP contribution in [0.5, 0.6) is 11.5 Å². The Balaban J connectivity index is 1.43. The van der Waals surface area contributed by atoms with E-state index < -0.39 is 37.3 Å². The number of ether oxygens (including phenoxy) is 2. The van der Waals surface area contributed by atoms with Gasteiger partial charge in [0.25, 0.3) is 0 Å². The normalized spacial score (nSPS) is 23.0. The lowest BCUT2D eigenvalue weighted by molar-refractivity contribution is -0.277. The van der Waals surface area contributed by atoms with Gasteiger partial charge in [-0.1, -0.05) is 42.5 Å². The summed E-state index contributed by atoms with van der Waals surface area (Å²) in [5, 5.41) is 55.7. The van der Waals surface area contributed by atoms with Crippen molar-refractivity contribution in [3.05, 3.63) is 89.0 Å². The van der Waals surface area contributed by atoms with Crippen LogP contribution < -0.4 is 15.4 Å². The van der Waals surface area contributed by atoms with E-state index in [1.165, 1.54) is 6.07 Å². The van der Waals surface area contributed by atoms with Crippen LogP contribution in [0.15, 0.2) is 66.7 Å². The first kappa shape index (κ1) is 27.4.